The molecule has 2 atom stereocenters. The molecule has 2 aliphatic carbocycles. The molecule has 0 aliphatic heterocycles. The summed E-state index contributed by atoms with van der Waals surface area (Å²) < 4.78 is 0. The third kappa shape index (κ3) is 1.03. The van der Waals surface area contributed by atoms with Gasteiger partial charge in [0.15, 0.2) is 0 Å². The molecule has 1 unspecified atom stereocenters. The first-order valence-electron chi connectivity index (χ1n) is 4.32. The SMILES string of the molecule is C1=CC2CCCC[C@@H]2C=C1. The maximum absolute atomic E-state index is 2.38. The highest BCUT2D eigenvalue weighted by molar-refractivity contribution is 5.14. The molecule has 0 bridgehead atoms. The Morgan fingerprint density at radius 3 is 1.80 bits per heavy atom. The summed E-state index contributed by atoms with van der Waals surface area (Å²) in [6.07, 6.45) is 14.9. The third-order valence-electron chi connectivity index (χ3n) is 2.70. The molecule has 2 rings (SSSR count). The zero-order valence-electron chi connectivity index (χ0n) is 6.29. The lowest BCUT2D eigenvalue weighted by Crippen LogP contribution is -2.16. The van der Waals surface area contributed by atoms with Gasteiger partial charge in [0, 0.05) is 0 Å². The minimum atomic E-state index is 0.888. The van der Waals surface area contributed by atoms with Gasteiger partial charge >= 0.3 is 0 Å². The molecule has 0 aromatic heterocycles. The lowest BCUT2D eigenvalue weighted by atomic mass is 9.77. The van der Waals surface area contributed by atoms with Gasteiger partial charge in [-0.2, -0.15) is 0 Å². The maximum atomic E-state index is 2.38. The fraction of sp³-hybridized carbons (Fsp3) is 0.600. The molecule has 0 heterocycles. The van der Waals surface area contributed by atoms with Crippen LogP contribution in [0.2, 0.25) is 0 Å². The summed E-state index contributed by atoms with van der Waals surface area (Å²) in [5.74, 6) is 1.78. The van der Waals surface area contributed by atoms with E-state index in [0.717, 1.165) is 11.8 Å². The van der Waals surface area contributed by atoms with Gasteiger partial charge in [-0.1, -0.05) is 37.1 Å². The fourth-order valence-corrected chi connectivity index (χ4v) is 2.08. The zero-order chi connectivity index (χ0) is 6.81. The summed E-state index contributed by atoms with van der Waals surface area (Å²) in [5.41, 5.74) is 0. The van der Waals surface area contributed by atoms with Gasteiger partial charge in [0.1, 0.15) is 0 Å². The maximum Gasteiger partial charge on any atom is -0.0167 e. The molecule has 0 aromatic rings. The molecule has 0 aromatic carbocycles. The highest BCUT2D eigenvalue weighted by atomic mass is 14.3. The average molecular weight is 134 g/mol. The molecule has 54 valence electrons. The Kier molecular flexibility index (Phi) is 1.62. The summed E-state index contributed by atoms with van der Waals surface area (Å²) in [5, 5.41) is 0. The Morgan fingerprint density at radius 1 is 0.800 bits per heavy atom. The van der Waals surface area contributed by atoms with Gasteiger partial charge in [0.05, 0.1) is 0 Å². The predicted molar refractivity (Wildman–Crippen MR) is 43.7 cm³/mol. The van der Waals surface area contributed by atoms with E-state index in [1.165, 1.54) is 25.7 Å². The Labute approximate surface area is 62.6 Å². The molecule has 1 fully saturated rings. The van der Waals surface area contributed by atoms with Crippen molar-refractivity contribution in [3.05, 3.63) is 24.3 Å². The van der Waals surface area contributed by atoms with Crippen LogP contribution in [0.1, 0.15) is 25.7 Å². The second-order valence-electron chi connectivity index (χ2n) is 3.38. The predicted octanol–water partition coefficient (Wildman–Crippen LogP) is 2.92. The highest BCUT2D eigenvalue weighted by Crippen LogP contribution is 2.33. The molecule has 0 saturated heterocycles. The van der Waals surface area contributed by atoms with Crippen LogP contribution in [0.25, 0.3) is 0 Å². The number of hydrogen-bond acceptors (Lipinski definition) is 0. The van der Waals surface area contributed by atoms with Gasteiger partial charge in [-0.3, -0.25) is 0 Å². The first-order valence-corrected chi connectivity index (χ1v) is 4.32. The van der Waals surface area contributed by atoms with E-state index >= 15 is 0 Å². The molecule has 0 nitrogen and oxygen atoms in total. The standard InChI is InChI=1S/C10H14/c1-2-6-10-8-4-3-7-9(10)5-1/h1-2,5-6,9-10H,3-4,7-8H2/t9-,10?/m0/s1. The van der Waals surface area contributed by atoms with E-state index in [1.807, 2.05) is 0 Å². The Bertz CT molecular complexity index is 145. The smallest absolute Gasteiger partial charge is 0.0167 e. The van der Waals surface area contributed by atoms with E-state index < -0.39 is 0 Å². The summed E-state index contributed by atoms with van der Waals surface area (Å²) in [7, 11) is 0. The number of hydrogen-bond donors (Lipinski definition) is 0. The largest absolute Gasteiger partial charge is 0.0808 e. The Hall–Kier alpha value is -0.520. The van der Waals surface area contributed by atoms with Crippen LogP contribution in [-0.4, -0.2) is 0 Å². The fourth-order valence-electron chi connectivity index (χ4n) is 2.08. The first kappa shape index (κ1) is 6.21. The number of allylic oxidation sites excluding steroid dienone is 4. The summed E-state index contributed by atoms with van der Waals surface area (Å²) in [4.78, 5) is 0. The molecule has 1 saturated carbocycles. The van der Waals surface area contributed by atoms with Crippen molar-refractivity contribution < 1.29 is 0 Å². The van der Waals surface area contributed by atoms with E-state index in [9.17, 15) is 0 Å². The molecular weight excluding hydrogens is 120 g/mol. The van der Waals surface area contributed by atoms with E-state index in [4.69, 9.17) is 0 Å². The van der Waals surface area contributed by atoms with Crippen molar-refractivity contribution >= 4 is 0 Å². The normalized spacial score (nSPS) is 37.6. The van der Waals surface area contributed by atoms with E-state index in [0.29, 0.717) is 0 Å². The number of rotatable bonds is 0. The summed E-state index contributed by atoms with van der Waals surface area (Å²) in [6, 6.07) is 0. The van der Waals surface area contributed by atoms with Crippen LogP contribution in [0.4, 0.5) is 0 Å². The van der Waals surface area contributed by atoms with Crippen molar-refractivity contribution in [2.75, 3.05) is 0 Å². The van der Waals surface area contributed by atoms with Gasteiger partial charge in [-0.15, -0.1) is 0 Å². The molecule has 0 radical (unpaired) electrons. The van der Waals surface area contributed by atoms with E-state index in [2.05, 4.69) is 24.3 Å². The van der Waals surface area contributed by atoms with Crippen molar-refractivity contribution in [2.24, 2.45) is 11.8 Å². The van der Waals surface area contributed by atoms with Crippen LogP contribution in [0.15, 0.2) is 24.3 Å². The lowest BCUT2D eigenvalue weighted by molar-refractivity contribution is 0.335. The van der Waals surface area contributed by atoms with Crippen LogP contribution in [0.3, 0.4) is 0 Å². The van der Waals surface area contributed by atoms with Gasteiger partial charge in [0.25, 0.3) is 0 Å². The first-order chi connectivity index (χ1) is 4.97. The van der Waals surface area contributed by atoms with Crippen LogP contribution >= 0.6 is 0 Å². The third-order valence-corrected chi connectivity index (χ3v) is 2.70. The minimum absolute atomic E-state index is 0.888. The van der Waals surface area contributed by atoms with Crippen LogP contribution in [0.5, 0.6) is 0 Å². The van der Waals surface area contributed by atoms with Crippen molar-refractivity contribution in [3.8, 4) is 0 Å². The minimum Gasteiger partial charge on any atom is -0.0808 e. The molecular formula is C10H14. The molecule has 0 N–H and O–H groups in total. The second-order valence-corrected chi connectivity index (χ2v) is 3.38. The summed E-state index contributed by atoms with van der Waals surface area (Å²) >= 11 is 0. The van der Waals surface area contributed by atoms with Gasteiger partial charge in [-0.25, -0.2) is 0 Å². The monoisotopic (exact) mass is 134 g/mol. The van der Waals surface area contributed by atoms with Crippen molar-refractivity contribution in [1.82, 2.24) is 0 Å². The Morgan fingerprint density at radius 2 is 1.30 bits per heavy atom. The number of fused-ring (bicyclic) bond motifs is 1. The second kappa shape index (κ2) is 2.61. The highest BCUT2D eigenvalue weighted by Gasteiger charge is 2.21. The van der Waals surface area contributed by atoms with Gasteiger partial charge < -0.3 is 0 Å². The molecule has 2 aliphatic rings. The van der Waals surface area contributed by atoms with Crippen molar-refractivity contribution in [3.63, 3.8) is 0 Å². The quantitative estimate of drug-likeness (QED) is 0.478. The van der Waals surface area contributed by atoms with Crippen molar-refractivity contribution in [1.29, 1.82) is 0 Å². The molecule has 0 heteroatoms. The van der Waals surface area contributed by atoms with E-state index in [-0.39, 0.29) is 0 Å². The van der Waals surface area contributed by atoms with Gasteiger partial charge in [-0.05, 0) is 24.7 Å². The summed E-state index contributed by atoms with van der Waals surface area (Å²) in [6.45, 7) is 0. The lowest BCUT2D eigenvalue weighted by Gasteiger charge is -2.28. The average Bonchev–Trinajstić information content (AvgIpc) is 2.05. The van der Waals surface area contributed by atoms with Crippen molar-refractivity contribution in [2.45, 2.75) is 25.7 Å². The molecule has 0 amide bonds. The zero-order valence-corrected chi connectivity index (χ0v) is 6.29. The van der Waals surface area contributed by atoms with Crippen LogP contribution in [-0.2, 0) is 0 Å². The molecule has 0 spiro atoms. The van der Waals surface area contributed by atoms with E-state index in [1.54, 1.807) is 0 Å². The molecule has 10 heavy (non-hydrogen) atoms. The van der Waals surface area contributed by atoms with Crippen LogP contribution < -0.4 is 0 Å². The van der Waals surface area contributed by atoms with Gasteiger partial charge in [0.2, 0.25) is 0 Å². The topological polar surface area (TPSA) is 0 Å². The van der Waals surface area contributed by atoms with Crippen LogP contribution in [0, 0.1) is 11.8 Å². The Balaban J connectivity index is 2.09.